The first-order chi connectivity index (χ1) is 11.1. The largest absolute Gasteiger partial charge is 0.497 e. The number of hydrogen-bond acceptors (Lipinski definition) is 5. The molecule has 1 aliphatic rings. The van der Waals surface area contributed by atoms with Crippen molar-refractivity contribution in [3.8, 4) is 5.75 Å². The van der Waals surface area contributed by atoms with Gasteiger partial charge in [-0.15, -0.1) is 0 Å². The number of benzene rings is 1. The normalized spacial score (nSPS) is 21.2. The van der Waals surface area contributed by atoms with Gasteiger partial charge >= 0.3 is 6.09 Å². The van der Waals surface area contributed by atoms with Crippen LogP contribution in [0.15, 0.2) is 24.3 Å². The fourth-order valence-electron chi connectivity index (χ4n) is 2.52. The van der Waals surface area contributed by atoms with Gasteiger partial charge in [-0.05, 0) is 52.3 Å². The summed E-state index contributed by atoms with van der Waals surface area (Å²) in [6.07, 6.45) is -0.794. The first-order valence-corrected chi connectivity index (χ1v) is 8.05. The number of nitrogens with one attached hydrogen (secondary N) is 1. The van der Waals surface area contributed by atoms with E-state index in [4.69, 9.17) is 18.9 Å². The van der Waals surface area contributed by atoms with Crippen molar-refractivity contribution in [1.29, 1.82) is 0 Å². The van der Waals surface area contributed by atoms with Crippen molar-refractivity contribution in [3.63, 3.8) is 0 Å². The third-order valence-electron chi connectivity index (χ3n) is 3.55. The molecule has 1 saturated heterocycles. The summed E-state index contributed by atoms with van der Waals surface area (Å²) in [4.78, 5) is 12.2. The predicted molar refractivity (Wildman–Crippen MR) is 90.0 cm³/mol. The van der Waals surface area contributed by atoms with Crippen LogP contribution >= 0.6 is 0 Å². The molecule has 0 unspecified atom stereocenters. The summed E-state index contributed by atoms with van der Waals surface area (Å²) in [5, 5.41) is 2.90. The number of carbonyl (C=O) groups excluding carboxylic acids is 1. The molecule has 134 valence electrons. The van der Waals surface area contributed by atoms with Crippen LogP contribution in [-0.2, 0) is 14.2 Å². The molecule has 1 aliphatic heterocycles. The van der Waals surface area contributed by atoms with E-state index in [0.717, 1.165) is 11.3 Å². The number of carbonyl (C=O) groups is 1. The first kappa shape index (κ1) is 18.5. The minimum atomic E-state index is -0.676. The Labute approximate surface area is 143 Å². The van der Waals surface area contributed by atoms with Crippen LogP contribution in [0.3, 0.4) is 0 Å². The zero-order valence-electron chi connectivity index (χ0n) is 15.2. The van der Waals surface area contributed by atoms with Crippen molar-refractivity contribution in [3.05, 3.63) is 29.8 Å². The molecule has 0 bridgehead atoms. The predicted octanol–water partition coefficient (Wildman–Crippen LogP) is 3.41. The van der Waals surface area contributed by atoms with Gasteiger partial charge in [0.05, 0.1) is 19.8 Å². The molecule has 0 aromatic heterocycles. The molecule has 1 N–H and O–H groups in total. The summed E-state index contributed by atoms with van der Waals surface area (Å²) in [5.41, 5.74) is 0.328. The molecule has 0 saturated carbocycles. The van der Waals surface area contributed by atoms with Crippen LogP contribution in [0.1, 0.15) is 46.2 Å². The second kappa shape index (κ2) is 6.99. The summed E-state index contributed by atoms with van der Waals surface area (Å²) >= 11 is 0. The van der Waals surface area contributed by atoms with Gasteiger partial charge in [0.2, 0.25) is 0 Å². The Balaban J connectivity index is 2.19. The highest BCUT2D eigenvalue weighted by Crippen LogP contribution is 2.31. The molecule has 0 spiro atoms. The van der Waals surface area contributed by atoms with Gasteiger partial charge in [0.25, 0.3) is 0 Å². The lowest BCUT2D eigenvalue weighted by molar-refractivity contribution is -0.141. The standard InChI is InChI=1S/C18H27NO5/c1-17(2,3)24-16(20)19-15(14-11-22-18(4,5)23-14)12-7-9-13(21-6)10-8-12/h7-10,14-15H,11H2,1-6H3,(H,19,20)/t14-,15+/m0/s1. The van der Waals surface area contributed by atoms with Crippen LogP contribution in [0.5, 0.6) is 5.75 Å². The lowest BCUT2D eigenvalue weighted by Gasteiger charge is -2.27. The van der Waals surface area contributed by atoms with Crippen LogP contribution in [0.4, 0.5) is 4.79 Å². The zero-order valence-corrected chi connectivity index (χ0v) is 15.2. The molecule has 0 aliphatic carbocycles. The van der Waals surface area contributed by atoms with E-state index in [1.54, 1.807) is 7.11 Å². The third kappa shape index (κ3) is 5.11. The van der Waals surface area contributed by atoms with E-state index in [9.17, 15) is 4.79 Å². The van der Waals surface area contributed by atoms with E-state index in [1.165, 1.54) is 0 Å². The summed E-state index contributed by atoms with van der Waals surface area (Å²) in [6, 6.07) is 7.11. The molecule has 6 nitrogen and oxygen atoms in total. The van der Waals surface area contributed by atoms with Crippen molar-refractivity contribution >= 4 is 6.09 Å². The van der Waals surface area contributed by atoms with E-state index < -0.39 is 17.5 Å². The number of amides is 1. The first-order valence-electron chi connectivity index (χ1n) is 8.05. The van der Waals surface area contributed by atoms with Gasteiger partial charge in [0.1, 0.15) is 17.5 Å². The Hall–Kier alpha value is -1.79. The van der Waals surface area contributed by atoms with E-state index in [0.29, 0.717) is 6.61 Å². The van der Waals surface area contributed by atoms with Crippen molar-refractivity contribution in [1.82, 2.24) is 5.32 Å². The number of methoxy groups -OCH3 is 1. The topological polar surface area (TPSA) is 66.0 Å². The van der Waals surface area contributed by atoms with Gasteiger partial charge in [0.15, 0.2) is 5.79 Å². The summed E-state index contributed by atoms with van der Waals surface area (Å²) in [5.74, 6) is 0.0732. The van der Waals surface area contributed by atoms with Crippen molar-refractivity contribution < 1.29 is 23.7 Å². The maximum Gasteiger partial charge on any atom is 0.408 e. The van der Waals surface area contributed by atoms with Crippen molar-refractivity contribution in [2.45, 2.75) is 58.2 Å². The lowest BCUT2D eigenvalue weighted by Crippen LogP contribution is -2.41. The number of rotatable bonds is 4. The van der Waals surface area contributed by atoms with Gasteiger partial charge in [0, 0.05) is 0 Å². The van der Waals surface area contributed by atoms with Crippen LogP contribution in [0.25, 0.3) is 0 Å². The Morgan fingerprint density at radius 2 is 1.92 bits per heavy atom. The SMILES string of the molecule is COc1ccc([C@@H](NC(=O)OC(C)(C)C)[C@@H]2COC(C)(C)O2)cc1. The number of hydrogen-bond donors (Lipinski definition) is 1. The van der Waals surface area contributed by atoms with Crippen LogP contribution in [0.2, 0.25) is 0 Å². The summed E-state index contributed by atoms with van der Waals surface area (Å²) < 4.78 is 22.1. The minimum absolute atomic E-state index is 0.305. The average molecular weight is 337 g/mol. The quantitative estimate of drug-likeness (QED) is 0.912. The molecule has 2 atom stereocenters. The van der Waals surface area contributed by atoms with Gasteiger partial charge < -0.3 is 24.3 Å². The van der Waals surface area contributed by atoms with E-state index >= 15 is 0 Å². The van der Waals surface area contributed by atoms with E-state index in [2.05, 4.69) is 5.32 Å². The molecule has 2 rings (SSSR count). The highest BCUT2D eigenvalue weighted by Gasteiger charge is 2.39. The van der Waals surface area contributed by atoms with Gasteiger partial charge in [-0.2, -0.15) is 0 Å². The second-order valence-corrected chi connectivity index (χ2v) is 7.26. The fourth-order valence-corrected chi connectivity index (χ4v) is 2.52. The van der Waals surface area contributed by atoms with E-state index in [1.807, 2.05) is 58.9 Å². The van der Waals surface area contributed by atoms with E-state index in [-0.39, 0.29) is 12.1 Å². The van der Waals surface area contributed by atoms with Crippen molar-refractivity contribution in [2.24, 2.45) is 0 Å². The van der Waals surface area contributed by atoms with Crippen LogP contribution < -0.4 is 10.1 Å². The Kier molecular flexibility index (Phi) is 5.40. The van der Waals surface area contributed by atoms with Crippen molar-refractivity contribution in [2.75, 3.05) is 13.7 Å². The Morgan fingerprint density at radius 1 is 1.29 bits per heavy atom. The highest BCUT2D eigenvalue weighted by atomic mass is 16.7. The molecule has 6 heteroatoms. The highest BCUT2D eigenvalue weighted by molar-refractivity contribution is 5.68. The molecule has 1 fully saturated rings. The fraction of sp³-hybridized carbons (Fsp3) is 0.611. The molecular formula is C18H27NO5. The smallest absolute Gasteiger partial charge is 0.408 e. The molecule has 1 amide bonds. The van der Waals surface area contributed by atoms with Gasteiger partial charge in [-0.25, -0.2) is 4.79 Å². The van der Waals surface area contributed by atoms with Crippen LogP contribution in [0, 0.1) is 0 Å². The molecule has 1 heterocycles. The summed E-state index contributed by atoms with van der Waals surface area (Å²) in [6.45, 7) is 9.57. The minimum Gasteiger partial charge on any atom is -0.497 e. The Bertz CT molecular complexity index is 562. The maximum absolute atomic E-state index is 12.2. The molecule has 1 aromatic carbocycles. The Morgan fingerprint density at radius 3 is 2.38 bits per heavy atom. The zero-order chi connectivity index (χ0) is 18.0. The molecule has 1 aromatic rings. The molecule has 0 radical (unpaired) electrons. The molecular weight excluding hydrogens is 310 g/mol. The van der Waals surface area contributed by atoms with Gasteiger partial charge in [-0.3, -0.25) is 0 Å². The number of ether oxygens (including phenoxy) is 4. The van der Waals surface area contributed by atoms with Gasteiger partial charge in [-0.1, -0.05) is 12.1 Å². The lowest BCUT2D eigenvalue weighted by atomic mass is 10.0. The number of alkyl carbamates (subject to hydrolysis) is 1. The third-order valence-corrected chi connectivity index (χ3v) is 3.55. The monoisotopic (exact) mass is 337 g/mol. The second-order valence-electron chi connectivity index (χ2n) is 7.26. The maximum atomic E-state index is 12.2. The average Bonchev–Trinajstić information content (AvgIpc) is 2.83. The summed E-state index contributed by atoms with van der Waals surface area (Å²) in [7, 11) is 1.61. The van der Waals surface area contributed by atoms with Crippen LogP contribution in [-0.4, -0.2) is 37.3 Å². The molecule has 24 heavy (non-hydrogen) atoms.